The first kappa shape index (κ1) is 18.7. The van der Waals surface area contributed by atoms with Crippen LogP contribution in [0, 0.1) is 11.5 Å². The summed E-state index contributed by atoms with van der Waals surface area (Å²) in [4.78, 5) is 0. The molecule has 1 aliphatic carbocycles. The van der Waals surface area contributed by atoms with Crippen molar-refractivity contribution in [2.24, 2.45) is 5.41 Å². The van der Waals surface area contributed by atoms with Crippen LogP contribution in [0.2, 0.25) is 0 Å². The molecule has 0 saturated carbocycles. The average molecular weight is 371 g/mol. The Morgan fingerprint density at radius 2 is 1.75 bits per heavy atom. The van der Waals surface area contributed by atoms with Crippen LogP contribution in [-0.2, 0) is 25.8 Å². The molecule has 0 amide bonds. The minimum Gasteiger partial charge on any atom is -1.00 e. The van der Waals surface area contributed by atoms with E-state index in [0.29, 0.717) is 5.41 Å². The first-order valence-corrected chi connectivity index (χ1v) is 3.38. The molecule has 0 fully saturated rings. The Bertz CT molecular complexity index is 166. The Balaban J connectivity index is -0.000000270. The quantitative estimate of drug-likeness (QED) is 0.310. The fourth-order valence-corrected chi connectivity index (χ4v) is 0.920. The third-order valence-electron chi connectivity index (χ3n) is 1.50. The molecule has 0 nitrogen and oxygen atoms in total. The van der Waals surface area contributed by atoms with Crippen LogP contribution in [0.3, 0.4) is 0 Å². The molecule has 0 N–H and O–H groups in total. The summed E-state index contributed by atoms with van der Waals surface area (Å²) < 4.78 is 0. The summed E-state index contributed by atoms with van der Waals surface area (Å²) in [6, 6.07) is 0. The molecule has 0 saturated heterocycles. The van der Waals surface area contributed by atoms with E-state index in [1.165, 1.54) is 5.57 Å². The van der Waals surface area contributed by atoms with Crippen molar-refractivity contribution in [1.29, 1.82) is 0 Å². The third kappa shape index (κ3) is 5.55. The predicted octanol–water partition coefficient (Wildman–Crippen LogP) is -3.27. The second kappa shape index (κ2) is 7.34. The SMILES string of the molecule is CC(C)(C)C1=[C-]CC=C1.[Cl-].[Cl-].[Hf]. The molecule has 70 valence electrons. The van der Waals surface area contributed by atoms with Gasteiger partial charge in [0.2, 0.25) is 0 Å². The monoisotopic (exact) mass is 371 g/mol. The summed E-state index contributed by atoms with van der Waals surface area (Å²) >= 11 is 0. The summed E-state index contributed by atoms with van der Waals surface area (Å²) in [5.41, 5.74) is 1.65. The van der Waals surface area contributed by atoms with Gasteiger partial charge in [-0.25, -0.2) is 11.6 Å². The molecule has 1 rings (SSSR count). The molecule has 3 heteroatoms. The van der Waals surface area contributed by atoms with Crippen molar-refractivity contribution < 1.29 is 50.7 Å². The molecule has 0 radical (unpaired) electrons. The number of halogens is 2. The van der Waals surface area contributed by atoms with E-state index in [2.05, 4.69) is 39.0 Å². The Morgan fingerprint density at radius 1 is 1.25 bits per heavy atom. The van der Waals surface area contributed by atoms with E-state index in [9.17, 15) is 0 Å². The van der Waals surface area contributed by atoms with E-state index < -0.39 is 0 Å². The zero-order valence-electron chi connectivity index (χ0n) is 7.62. The number of rotatable bonds is 0. The van der Waals surface area contributed by atoms with E-state index in [1.54, 1.807) is 0 Å². The van der Waals surface area contributed by atoms with E-state index in [4.69, 9.17) is 0 Å². The van der Waals surface area contributed by atoms with Gasteiger partial charge in [0.05, 0.1) is 0 Å². The zero-order valence-corrected chi connectivity index (χ0v) is 12.7. The molecule has 0 bridgehead atoms. The Morgan fingerprint density at radius 3 is 1.92 bits per heavy atom. The van der Waals surface area contributed by atoms with Crippen molar-refractivity contribution in [3.63, 3.8) is 0 Å². The van der Waals surface area contributed by atoms with Gasteiger partial charge < -0.3 is 24.8 Å². The largest absolute Gasteiger partial charge is 1.00 e. The van der Waals surface area contributed by atoms with Crippen LogP contribution in [0.15, 0.2) is 17.7 Å². The molecule has 0 heterocycles. The van der Waals surface area contributed by atoms with Gasteiger partial charge in [-0.2, -0.15) is 6.08 Å². The van der Waals surface area contributed by atoms with Crippen LogP contribution in [0.5, 0.6) is 0 Å². The summed E-state index contributed by atoms with van der Waals surface area (Å²) in [7, 11) is 0. The second-order valence-corrected chi connectivity index (χ2v) is 3.45. The Labute approximate surface area is 106 Å². The molecule has 0 aromatic carbocycles. The predicted molar refractivity (Wildman–Crippen MR) is 40.0 cm³/mol. The van der Waals surface area contributed by atoms with Crippen LogP contribution in [0.4, 0.5) is 0 Å². The third-order valence-corrected chi connectivity index (χ3v) is 1.50. The van der Waals surface area contributed by atoms with Crippen LogP contribution in [-0.4, -0.2) is 0 Å². The molecule has 0 spiro atoms. The molecule has 12 heavy (non-hydrogen) atoms. The molecule has 0 aliphatic heterocycles. The van der Waals surface area contributed by atoms with E-state index >= 15 is 0 Å². The molecular weight excluding hydrogens is 357 g/mol. The maximum Gasteiger partial charge on any atom is 0 e. The first-order valence-electron chi connectivity index (χ1n) is 3.38. The van der Waals surface area contributed by atoms with Gasteiger partial charge in [0, 0.05) is 25.8 Å². The Kier molecular flexibility index (Phi) is 11.4. The molecule has 0 aromatic rings. The Hall–Kier alpha value is 0.930. The van der Waals surface area contributed by atoms with Crippen LogP contribution in [0.1, 0.15) is 27.2 Å². The van der Waals surface area contributed by atoms with Crippen molar-refractivity contribution >= 4 is 0 Å². The molecule has 0 atom stereocenters. The van der Waals surface area contributed by atoms with Crippen LogP contribution < -0.4 is 24.8 Å². The van der Waals surface area contributed by atoms with Crippen molar-refractivity contribution in [2.45, 2.75) is 27.2 Å². The minimum absolute atomic E-state index is 0. The van der Waals surface area contributed by atoms with Crippen molar-refractivity contribution in [3.8, 4) is 0 Å². The maximum atomic E-state index is 3.30. The zero-order chi connectivity index (χ0) is 6.91. The van der Waals surface area contributed by atoms with Gasteiger partial charge >= 0.3 is 0 Å². The normalized spacial score (nSPS) is 13.8. The van der Waals surface area contributed by atoms with Gasteiger partial charge in [-0.15, -0.1) is 6.42 Å². The van der Waals surface area contributed by atoms with E-state index in [1.807, 2.05) is 0 Å². The van der Waals surface area contributed by atoms with Crippen LogP contribution in [0.25, 0.3) is 0 Å². The van der Waals surface area contributed by atoms with Gasteiger partial charge in [-0.05, 0) is 5.41 Å². The number of allylic oxidation sites excluding steroid dienone is 4. The fourth-order valence-electron chi connectivity index (χ4n) is 0.920. The minimum atomic E-state index is 0. The molecule has 0 aromatic heterocycles. The second-order valence-electron chi connectivity index (χ2n) is 3.45. The standard InChI is InChI=1S/C9H13.2ClH.Hf/c1-9(2,3)8-6-4-5-7-8;;;/h4,6H,5H2,1-3H3;2*1H;/q-1;;;/p-2. The average Bonchev–Trinajstić information content (AvgIpc) is 2.08. The van der Waals surface area contributed by atoms with E-state index in [-0.39, 0.29) is 50.7 Å². The van der Waals surface area contributed by atoms with Crippen LogP contribution >= 0.6 is 0 Å². The maximum absolute atomic E-state index is 3.30. The van der Waals surface area contributed by atoms with Gasteiger partial charge in [0.1, 0.15) is 0 Å². The van der Waals surface area contributed by atoms with E-state index in [0.717, 1.165) is 6.42 Å². The topological polar surface area (TPSA) is 0 Å². The first-order chi connectivity index (χ1) is 4.11. The number of hydrogen-bond donors (Lipinski definition) is 0. The molecule has 0 unspecified atom stereocenters. The fraction of sp³-hybridized carbons (Fsp3) is 0.556. The van der Waals surface area contributed by atoms with Crippen molar-refractivity contribution in [2.75, 3.05) is 0 Å². The van der Waals surface area contributed by atoms with Crippen molar-refractivity contribution in [3.05, 3.63) is 23.8 Å². The smallest absolute Gasteiger partial charge is 0 e. The summed E-state index contributed by atoms with van der Waals surface area (Å²) in [6.45, 7) is 6.64. The summed E-state index contributed by atoms with van der Waals surface area (Å²) in [6.07, 6.45) is 8.63. The van der Waals surface area contributed by atoms with Gasteiger partial charge in [0.15, 0.2) is 0 Å². The van der Waals surface area contributed by atoms with Gasteiger partial charge in [-0.1, -0.05) is 20.8 Å². The van der Waals surface area contributed by atoms with Gasteiger partial charge in [-0.3, -0.25) is 6.08 Å². The summed E-state index contributed by atoms with van der Waals surface area (Å²) in [5, 5.41) is 0. The van der Waals surface area contributed by atoms with Crippen molar-refractivity contribution in [1.82, 2.24) is 0 Å². The van der Waals surface area contributed by atoms with Gasteiger partial charge in [0.25, 0.3) is 0 Å². The summed E-state index contributed by atoms with van der Waals surface area (Å²) in [5.74, 6) is 0. The number of hydrogen-bond acceptors (Lipinski definition) is 0. The molecular formula is C9H13Cl2Hf-3. The molecule has 1 aliphatic rings.